The van der Waals surface area contributed by atoms with Crippen molar-refractivity contribution < 1.29 is 17.9 Å². The minimum Gasteiger partial charge on any atom is -0.439 e. The van der Waals surface area contributed by atoms with E-state index in [9.17, 15) is 13.2 Å². The van der Waals surface area contributed by atoms with E-state index in [2.05, 4.69) is 59.6 Å². The Morgan fingerprint density at radius 1 is 1.09 bits per heavy atom. The molecule has 1 N–H and O–H groups in total. The van der Waals surface area contributed by atoms with Gasteiger partial charge < -0.3 is 9.64 Å². The number of pyridine rings is 1. The number of para-hydroxylation sites is 1. The Kier molecular flexibility index (Phi) is 6.59. The van der Waals surface area contributed by atoms with Gasteiger partial charge in [0.1, 0.15) is 5.75 Å². The highest BCUT2D eigenvalue weighted by Gasteiger charge is 2.36. The zero-order valence-corrected chi connectivity index (χ0v) is 19.5. The fourth-order valence-electron chi connectivity index (χ4n) is 3.95. The van der Waals surface area contributed by atoms with Crippen molar-refractivity contribution in [1.29, 1.82) is 0 Å². The molecule has 0 amide bonds. The number of anilines is 1. The second kappa shape index (κ2) is 9.27. The van der Waals surface area contributed by atoms with E-state index >= 15 is 0 Å². The van der Waals surface area contributed by atoms with Gasteiger partial charge in [-0.05, 0) is 60.8 Å². The number of nitrogens with zero attached hydrogens (tertiary/aromatic N) is 2. The van der Waals surface area contributed by atoms with Gasteiger partial charge in [-0.1, -0.05) is 32.0 Å². The lowest BCUT2D eigenvalue weighted by Gasteiger charge is -2.29. The summed E-state index contributed by atoms with van der Waals surface area (Å²) >= 11 is 1.54. The highest BCUT2D eigenvalue weighted by molar-refractivity contribution is 7.97. The van der Waals surface area contributed by atoms with Gasteiger partial charge in [0.2, 0.25) is 5.88 Å². The maximum atomic E-state index is 12.6. The Balaban J connectivity index is 1.29. The topological polar surface area (TPSA) is 37.4 Å². The molecule has 1 aliphatic rings. The minimum absolute atomic E-state index is 0.115. The molecule has 4 nitrogen and oxygen atoms in total. The second-order valence-electron chi connectivity index (χ2n) is 8.78. The van der Waals surface area contributed by atoms with Gasteiger partial charge in [0.05, 0.1) is 5.56 Å². The van der Waals surface area contributed by atoms with Crippen molar-refractivity contribution in [3.63, 3.8) is 0 Å². The number of fused-ring (bicyclic) bond motifs is 1. The fraction of sp³-hybridized carbons (Fsp3) is 0.320. The molecule has 0 aliphatic carbocycles. The Labute approximate surface area is 196 Å². The van der Waals surface area contributed by atoms with Gasteiger partial charge >= 0.3 is 6.18 Å². The standard InChI is InChI=1S/C25H26F3N3OS/c1-17(31-16-24(2,3)21-6-4-5-7-22(21)31)14-30-33-20-11-9-19(10-12-20)32-23-13-8-18(15-29-23)25(26,27)28/h4-13,15,17,30H,14,16H2,1-3H3. The maximum Gasteiger partial charge on any atom is 0.417 e. The van der Waals surface area contributed by atoms with Crippen LogP contribution in [0.2, 0.25) is 0 Å². The largest absolute Gasteiger partial charge is 0.439 e. The normalized spacial score (nSPS) is 15.9. The summed E-state index contributed by atoms with van der Waals surface area (Å²) in [7, 11) is 0. The number of aromatic nitrogens is 1. The van der Waals surface area contributed by atoms with Crippen molar-refractivity contribution in [3.8, 4) is 11.6 Å². The van der Waals surface area contributed by atoms with Crippen LogP contribution in [0.15, 0.2) is 71.8 Å². The molecule has 1 aromatic heterocycles. The first-order valence-electron chi connectivity index (χ1n) is 10.7. The molecule has 0 bridgehead atoms. The Morgan fingerprint density at radius 2 is 1.82 bits per heavy atom. The van der Waals surface area contributed by atoms with E-state index in [0.29, 0.717) is 11.8 Å². The molecule has 1 unspecified atom stereocenters. The summed E-state index contributed by atoms with van der Waals surface area (Å²) in [5.41, 5.74) is 2.03. The number of benzene rings is 2. The summed E-state index contributed by atoms with van der Waals surface area (Å²) in [6.07, 6.45) is -3.65. The zero-order chi connectivity index (χ0) is 23.6. The summed E-state index contributed by atoms with van der Waals surface area (Å²) in [4.78, 5) is 7.20. The molecule has 1 atom stereocenters. The monoisotopic (exact) mass is 473 g/mol. The van der Waals surface area contributed by atoms with Crippen LogP contribution < -0.4 is 14.4 Å². The van der Waals surface area contributed by atoms with Crippen molar-refractivity contribution in [1.82, 2.24) is 9.71 Å². The van der Waals surface area contributed by atoms with E-state index in [0.717, 1.165) is 30.2 Å². The zero-order valence-electron chi connectivity index (χ0n) is 18.7. The molecule has 0 fully saturated rings. The number of alkyl halides is 3. The molecule has 2 heterocycles. The van der Waals surface area contributed by atoms with Gasteiger partial charge in [0.15, 0.2) is 0 Å². The summed E-state index contributed by atoms with van der Waals surface area (Å²) in [5.74, 6) is 0.625. The highest BCUT2D eigenvalue weighted by atomic mass is 32.2. The van der Waals surface area contributed by atoms with Crippen LogP contribution in [0.4, 0.5) is 18.9 Å². The van der Waals surface area contributed by atoms with Crippen molar-refractivity contribution in [2.75, 3.05) is 18.0 Å². The Hall–Kier alpha value is -2.71. The third-order valence-electron chi connectivity index (χ3n) is 5.72. The second-order valence-corrected chi connectivity index (χ2v) is 9.75. The molecule has 0 saturated carbocycles. The van der Waals surface area contributed by atoms with Crippen LogP contribution in [0, 0.1) is 0 Å². The van der Waals surface area contributed by atoms with Crippen molar-refractivity contribution in [3.05, 3.63) is 78.0 Å². The van der Waals surface area contributed by atoms with E-state index in [4.69, 9.17) is 4.74 Å². The molecule has 0 spiro atoms. The predicted octanol–water partition coefficient (Wildman–Crippen LogP) is 6.68. The summed E-state index contributed by atoms with van der Waals surface area (Å²) in [5, 5.41) is 0. The lowest BCUT2D eigenvalue weighted by molar-refractivity contribution is -0.137. The first-order chi connectivity index (χ1) is 15.6. The van der Waals surface area contributed by atoms with Gasteiger partial charge in [-0.2, -0.15) is 13.2 Å². The Morgan fingerprint density at radius 3 is 2.48 bits per heavy atom. The quantitative estimate of drug-likeness (QED) is 0.388. The molecular formula is C25H26F3N3OS. The van der Waals surface area contributed by atoms with Crippen molar-refractivity contribution in [2.24, 2.45) is 0 Å². The first kappa shape index (κ1) is 23.4. The minimum atomic E-state index is -4.41. The molecular weight excluding hydrogens is 447 g/mol. The van der Waals surface area contributed by atoms with Crippen LogP contribution in [-0.2, 0) is 11.6 Å². The molecule has 3 aromatic rings. The van der Waals surface area contributed by atoms with Crippen LogP contribution in [0.5, 0.6) is 11.6 Å². The average molecular weight is 474 g/mol. The van der Waals surface area contributed by atoms with E-state index < -0.39 is 11.7 Å². The number of nitrogens with one attached hydrogen (secondary N) is 1. The lowest BCUT2D eigenvalue weighted by atomic mass is 9.87. The smallest absolute Gasteiger partial charge is 0.417 e. The maximum absolute atomic E-state index is 12.6. The summed E-state index contributed by atoms with van der Waals surface area (Å²) in [6, 6.07) is 18.4. The van der Waals surface area contributed by atoms with E-state index in [-0.39, 0.29) is 11.3 Å². The van der Waals surface area contributed by atoms with Crippen LogP contribution in [0.3, 0.4) is 0 Å². The average Bonchev–Trinajstić information content (AvgIpc) is 3.06. The third-order valence-corrected chi connectivity index (χ3v) is 6.54. The van der Waals surface area contributed by atoms with Gasteiger partial charge in [0, 0.05) is 47.4 Å². The molecule has 8 heteroatoms. The Bertz CT molecular complexity index is 1090. The van der Waals surface area contributed by atoms with Crippen molar-refractivity contribution >= 4 is 17.6 Å². The molecule has 33 heavy (non-hydrogen) atoms. The molecule has 4 rings (SSSR count). The first-order valence-corrected chi connectivity index (χ1v) is 11.5. The molecule has 0 saturated heterocycles. The van der Waals surface area contributed by atoms with Crippen LogP contribution >= 0.6 is 11.9 Å². The summed E-state index contributed by atoms with van der Waals surface area (Å²) < 4.78 is 46.9. The van der Waals surface area contributed by atoms with Crippen LogP contribution in [-0.4, -0.2) is 24.1 Å². The number of ether oxygens (including phenoxy) is 1. The van der Waals surface area contributed by atoms with Crippen molar-refractivity contribution in [2.45, 2.75) is 43.3 Å². The predicted molar refractivity (Wildman–Crippen MR) is 126 cm³/mol. The van der Waals surface area contributed by atoms with Gasteiger partial charge in [-0.15, -0.1) is 0 Å². The number of hydrogen-bond donors (Lipinski definition) is 1. The van der Waals surface area contributed by atoms with Gasteiger partial charge in [-0.3, -0.25) is 4.72 Å². The number of halogens is 3. The lowest BCUT2D eigenvalue weighted by Crippen LogP contribution is -2.40. The third kappa shape index (κ3) is 5.45. The number of rotatable bonds is 7. The highest BCUT2D eigenvalue weighted by Crippen LogP contribution is 2.41. The van der Waals surface area contributed by atoms with E-state index in [1.54, 1.807) is 12.1 Å². The number of hydrogen-bond acceptors (Lipinski definition) is 5. The van der Waals surface area contributed by atoms with Crippen LogP contribution in [0.25, 0.3) is 0 Å². The molecule has 0 radical (unpaired) electrons. The van der Waals surface area contributed by atoms with E-state index in [1.807, 2.05) is 12.1 Å². The molecule has 174 valence electrons. The van der Waals surface area contributed by atoms with Gasteiger partial charge in [-0.25, -0.2) is 4.98 Å². The molecule has 2 aromatic carbocycles. The van der Waals surface area contributed by atoms with Crippen LogP contribution in [0.1, 0.15) is 31.9 Å². The van der Waals surface area contributed by atoms with Gasteiger partial charge in [0.25, 0.3) is 0 Å². The fourth-order valence-corrected chi connectivity index (χ4v) is 4.71. The summed E-state index contributed by atoms with van der Waals surface area (Å²) in [6.45, 7) is 8.58. The molecule has 1 aliphatic heterocycles. The van der Waals surface area contributed by atoms with E-state index in [1.165, 1.54) is 29.3 Å². The SMILES string of the molecule is CC(CNSc1ccc(Oc2ccc(C(F)(F)F)cn2)cc1)N1CC(C)(C)c2ccccc21.